The zero-order valence-corrected chi connectivity index (χ0v) is 13.4. The highest BCUT2D eigenvalue weighted by Gasteiger charge is 2.33. The zero-order chi connectivity index (χ0) is 15.0. The molecule has 118 valence electrons. The van der Waals surface area contributed by atoms with E-state index in [1.165, 1.54) is 46.1 Å². The normalized spacial score (nSPS) is 29.2. The van der Waals surface area contributed by atoms with Gasteiger partial charge in [-0.1, -0.05) is 0 Å². The van der Waals surface area contributed by atoms with Crippen molar-refractivity contribution in [2.45, 2.75) is 30.5 Å². The van der Waals surface area contributed by atoms with Gasteiger partial charge in [0.1, 0.15) is 5.76 Å². The monoisotopic (exact) mass is 313 g/mol. The molecule has 1 aromatic rings. The van der Waals surface area contributed by atoms with Gasteiger partial charge in [-0.2, -0.15) is 0 Å². The minimum Gasteiger partial charge on any atom is -0.447 e. The van der Waals surface area contributed by atoms with Crippen LogP contribution < -0.4 is 5.32 Å². The van der Waals surface area contributed by atoms with Crippen molar-refractivity contribution >= 4 is 10.0 Å². The smallest absolute Gasteiger partial charge is 0.275 e. The maximum Gasteiger partial charge on any atom is 0.275 e. The van der Waals surface area contributed by atoms with E-state index in [9.17, 15) is 8.42 Å². The number of sulfonamides is 1. The molecule has 0 aromatic carbocycles. The van der Waals surface area contributed by atoms with E-state index in [0.717, 1.165) is 16.8 Å². The predicted octanol–water partition coefficient (Wildman–Crippen LogP) is 0.714. The lowest BCUT2D eigenvalue weighted by atomic mass is 9.84. The number of piperidine rings is 3. The summed E-state index contributed by atoms with van der Waals surface area (Å²) in [6.07, 6.45) is 2.52. The summed E-state index contributed by atoms with van der Waals surface area (Å²) in [7, 11) is -0.471. The number of fused-ring (bicyclic) bond motifs is 3. The summed E-state index contributed by atoms with van der Waals surface area (Å²) in [5, 5.41) is 3.53. The van der Waals surface area contributed by atoms with Gasteiger partial charge in [0.2, 0.25) is 5.09 Å². The fourth-order valence-electron chi connectivity index (χ4n) is 3.20. The van der Waals surface area contributed by atoms with Crippen LogP contribution in [-0.2, 0) is 16.6 Å². The van der Waals surface area contributed by atoms with Gasteiger partial charge in [0.25, 0.3) is 10.0 Å². The summed E-state index contributed by atoms with van der Waals surface area (Å²) in [5.41, 5.74) is 0. The van der Waals surface area contributed by atoms with Crippen molar-refractivity contribution in [3.05, 3.63) is 17.9 Å². The molecular formula is C14H23N3O3S. The standard InChI is InChI=1S/C14H23N3O3S/c1-16(2)21(18,19)14-4-3-12(20-14)9-15-13-10-17-7-5-11(13)6-8-17/h3-4,11,13,15H,5-10H2,1-2H3. The molecule has 3 aliphatic rings. The molecule has 1 N–H and O–H groups in total. The molecule has 3 saturated heterocycles. The summed E-state index contributed by atoms with van der Waals surface area (Å²) in [6, 6.07) is 3.76. The first-order valence-corrected chi connectivity index (χ1v) is 8.88. The van der Waals surface area contributed by atoms with Gasteiger partial charge in [-0.05, 0) is 44.0 Å². The second kappa shape index (κ2) is 5.72. The van der Waals surface area contributed by atoms with E-state index in [-0.39, 0.29) is 5.09 Å². The summed E-state index contributed by atoms with van der Waals surface area (Å²) in [6.45, 7) is 4.11. The van der Waals surface area contributed by atoms with E-state index < -0.39 is 10.0 Å². The second-order valence-corrected chi connectivity index (χ2v) is 8.22. The van der Waals surface area contributed by atoms with Crippen molar-refractivity contribution in [2.75, 3.05) is 33.7 Å². The fourth-order valence-corrected chi connectivity index (χ4v) is 4.01. The first kappa shape index (κ1) is 15.0. The lowest BCUT2D eigenvalue weighted by Gasteiger charge is -2.45. The van der Waals surface area contributed by atoms with E-state index in [1.807, 2.05) is 0 Å². The molecule has 21 heavy (non-hydrogen) atoms. The van der Waals surface area contributed by atoms with Gasteiger partial charge < -0.3 is 14.6 Å². The number of furan rings is 1. The Balaban J connectivity index is 1.61. The van der Waals surface area contributed by atoms with E-state index in [4.69, 9.17) is 4.42 Å². The van der Waals surface area contributed by atoms with Crippen molar-refractivity contribution in [3.8, 4) is 0 Å². The maximum absolute atomic E-state index is 12.0. The Hall–Kier alpha value is -0.890. The SMILES string of the molecule is CN(C)S(=O)(=O)c1ccc(CNC2CN3CCC2CC3)o1. The molecule has 4 heterocycles. The van der Waals surface area contributed by atoms with E-state index in [0.29, 0.717) is 18.3 Å². The van der Waals surface area contributed by atoms with Gasteiger partial charge in [-0.3, -0.25) is 0 Å². The van der Waals surface area contributed by atoms with Crippen LogP contribution in [0, 0.1) is 5.92 Å². The van der Waals surface area contributed by atoms with Crippen molar-refractivity contribution in [1.29, 1.82) is 0 Å². The van der Waals surface area contributed by atoms with Crippen molar-refractivity contribution in [3.63, 3.8) is 0 Å². The molecule has 3 aliphatic heterocycles. The van der Waals surface area contributed by atoms with Crippen LogP contribution in [-0.4, -0.2) is 57.4 Å². The lowest BCUT2D eigenvalue weighted by Crippen LogP contribution is -2.55. The molecule has 3 fully saturated rings. The van der Waals surface area contributed by atoms with E-state index in [1.54, 1.807) is 6.07 Å². The molecule has 4 rings (SSSR count). The van der Waals surface area contributed by atoms with Crippen LogP contribution in [0.1, 0.15) is 18.6 Å². The Labute approximate surface area is 126 Å². The lowest BCUT2D eigenvalue weighted by molar-refractivity contribution is 0.0709. The predicted molar refractivity (Wildman–Crippen MR) is 79.4 cm³/mol. The van der Waals surface area contributed by atoms with E-state index in [2.05, 4.69) is 10.2 Å². The van der Waals surface area contributed by atoms with Gasteiger partial charge in [0.15, 0.2) is 0 Å². The van der Waals surface area contributed by atoms with Gasteiger partial charge in [0, 0.05) is 26.7 Å². The Morgan fingerprint density at radius 1 is 1.33 bits per heavy atom. The zero-order valence-electron chi connectivity index (χ0n) is 12.6. The summed E-state index contributed by atoms with van der Waals surface area (Å²) >= 11 is 0. The molecule has 2 bridgehead atoms. The number of rotatable bonds is 5. The first-order chi connectivity index (χ1) is 9.96. The van der Waals surface area contributed by atoms with Crippen LogP contribution >= 0.6 is 0 Å². The first-order valence-electron chi connectivity index (χ1n) is 7.44. The van der Waals surface area contributed by atoms with Crippen LogP contribution in [0.2, 0.25) is 0 Å². The molecule has 0 aliphatic carbocycles. The summed E-state index contributed by atoms with van der Waals surface area (Å²) in [5.74, 6) is 1.42. The Bertz CT molecular complexity index is 588. The van der Waals surface area contributed by atoms with Crippen LogP contribution in [0.25, 0.3) is 0 Å². The van der Waals surface area contributed by atoms with Crippen LogP contribution in [0.15, 0.2) is 21.6 Å². The second-order valence-electron chi connectivity index (χ2n) is 6.13. The molecular weight excluding hydrogens is 290 g/mol. The minimum absolute atomic E-state index is 0.0122. The largest absolute Gasteiger partial charge is 0.447 e. The quantitative estimate of drug-likeness (QED) is 0.867. The Kier molecular flexibility index (Phi) is 4.09. The number of hydrogen-bond donors (Lipinski definition) is 1. The van der Waals surface area contributed by atoms with Gasteiger partial charge in [-0.25, -0.2) is 12.7 Å². The highest BCUT2D eigenvalue weighted by Crippen LogP contribution is 2.27. The summed E-state index contributed by atoms with van der Waals surface area (Å²) in [4.78, 5) is 2.49. The molecule has 1 aromatic heterocycles. The Morgan fingerprint density at radius 3 is 2.62 bits per heavy atom. The van der Waals surface area contributed by atoms with Crippen LogP contribution in [0.4, 0.5) is 0 Å². The van der Waals surface area contributed by atoms with Gasteiger partial charge >= 0.3 is 0 Å². The van der Waals surface area contributed by atoms with Crippen molar-refractivity contribution < 1.29 is 12.8 Å². The number of nitrogens with zero attached hydrogens (tertiary/aromatic N) is 2. The minimum atomic E-state index is -3.48. The van der Waals surface area contributed by atoms with Crippen molar-refractivity contribution in [2.24, 2.45) is 5.92 Å². The van der Waals surface area contributed by atoms with E-state index >= 15 is 0 Å². The molecule has 0 radical (unpaired) electrons. The van der Waals surface area contributed by atoms with Gasteiger partial charge in [0.05, 0.1) is 6.54 Å². The number of hydrogen-bond acceptors (Lipinski definition) is 5. The molecule has 0 amide bonds. The fraction of sp³-hybridized carbons (Fsp3) is 0.714. The topological polar surface area (TPSA) is 65.8 Å². The van der Waals surface area contributed by atoms with Crippen LogP contribution in [0.3, 0.4) is 0 Å². The highest BCUT2D eigenvalue weighted by molar-refractivity contribution is 7.88. The van der Waals surface area contributed by atoms with Crippen LogP contribution in [0.5, 0.6) is 0 Å². The maximum atomic E-state index is 12.0. The molecule has 1 atom stereocenters. The average Bonchev–Trinajstić information content (AvgIpc) is 2.96. The average molecular weight is 313 g/mol. The third-order valence-electron chi connectivity index (χ3n) is 4.57. The third-order valence-corrected chi connectivity index (χ3v) is 6.26. The Morgan fingerprint density at radius 2 is 2.05 bits per heavy atom. The number of nitrogens with one attached hydrogen (secondary N) is 1. The molecule has 6 nitrogen and oxygen atoms in total. The molecule has 7 heteroatoms. The third kappa shape index (κ3) is 3.01. The highest BCUT2D eigenvalue weighted by atomic mass is 32.2. The molecule has 0 saturated carbocycles. The molecule has 1 unspecified atom stereocenters. The molecule has 0 spiro atoms. The van der Waals surface area contributed by atoms with Gasteiger partial charge in [-0.15, -0.1) is 0 Å². The summed E-state index contributed by atoms with van der Waals surface area (Å²) < 4.78 is 30.6. The van der Waals surface area contributed by atoms with Crippen molar-refractivity contribution in [1.82, 2.24) is 14.5 Å².